The van der Waals surface area contributed by atoms with Gasteiger partial charge in [0.05, 0.1) is 6.54 Å². The van der Waals surface area contributed by atoms with E-state index in [9.17, 15) is 4.79 Å². The van der Waals surface area contributed by atoms with Gasteiger partial charge in [0.15, 0.2) is 6.10 Å². The molecule has 1 atom stereocenters. The van der Waals surface area contributed by atoms with Gasteiger partial charge in [-0.3, -0.25) is 4.79 Å². The predicted octanol–water partition coefficient (Wildman–Crippen LogP) is 3.35. The Morgan fingerprint density at radius 2 is 1.78 bits per heavy atom. The van der Waals surface area contributed by atoms with Crippen molar-refractivity contribution < 1.29 is 14.3 Å². The Labute approximate surface area is 137 Å². The molecule has 2 aromatic carbocycles. The van der Waals surface area contributed by atoms with Gasteiger partial charge in [0.2, 0.25) is 0 Å². The summed E-state index contributed by atoms with van der Waals surface area (Å²) in [7, 11) is 0. The molecular weight excluding hydrogens is 290 g/mol. The highest BCUT2D eigenvalue weighted by atomic mass is 16.5. The van der Waals surface area contributed by atoms with Crippen LogP contribution in [0.15, 0.2) is 54.6 Å². The van der Waals surface area contributed by atoms with Gasteiger partial charge in [-0.05, 0) is 37.1 Å². The van der Waals surface area contributed by atoms with Crippen LogP contribution in [0.5, 0.6) is 11.5 Å². The topological polar surface area (TPSA) is 47.6 Å². The van der Waals surface area contributed by atoms with Gasteiger partial charge in [-0.15, -0.1) is 0 Å². The molecule has 2 rings (SSSR count). The van der Waals surface area contributed by atoms with Gasteiger partial charge >= 0.3 is 0 Å². The Bertz CT molecular complexity index is 613. The van der Waals surface area contributed by atoms with E-state index in [1.54, 1.807) is 0 Å². The number of nitrogens with one attached hydrogen (secondary N) is 1. The van der Waals surface area contributed by atoms with Gasteiger partial charge in [0, 0.05) is 0 Å². The fourth-order valence-corrected chi connectivity index (χ4v) is 2.14. The third-order valence-electron chi connectivity index (χ3n) is 3.44. The van der Waals surface area contributed by atoms with Gasteiger partial charge in [-0.2, -0.15) is 0 Å². The summed E-state index contributed by atoms with van der Waals surface area (Å²) in [6.45, 7) is 4.77. The molecule has 0 bridgehead atoms. The maximum Gasteiger partial charge on any atom is 0.261 e. The van der Waals surface area contributed by atoms with E-state index in [1.807, 2.05) is 68.4 Å². The van der Waals surface area contributed by atoms with Crippen molar-refractivity contribution in [3.05, 3.63) is 60.2 Å². The number of para-hydroxylation sites is 2. The molecule has 1 amide bonds. The quantitative estimate of drug-likeness (QED) is 0.760. The SMILES string of the molecule is CC[C@H](Oc1ccccc1C)C(=O)NCCOc1ccccc1. The van der Waals surface area contributed by atoms with Crippen molar-refractivity contribution in [1.29, 1.82) is 0 Å². The molecule has 0 radical (unpaired) electrons. The average Bonchev–Trinajstić information content (AvgIpc) is 2.59. The lowest BCUT2D eigenvalue weighted by Gasteiger charge is -2.18. The fraction of sp³-hybridized carbons (Fsp3) is 0.316. The first-order chi connectivity index (χ1) is 11.2. The number of amides is 1. The van der Waals surface area contributed by atoms with Crippen molar-refractivity contribution in [3.63, 3.8) is 0 Å². The standard InChI is InChI=1S/C19H23NO3/c1-3-17(23-18-12-8-7-9-15(18)2)19(21)20-13-14-22-16-10-5-4-6-11-16/h4-12,17H,3,13-14H2,1-2H3,(H,20,21)/t17-/m0/s1. The van der Waals surface area contributed by atoms with Crippen LogP contribution in [0.4, 0.5) is 0 Å². The summed E-state index contributed by atoms with van der Waals surface area (Å²) in [6.07, 6.45) is 0.118. The van der Waals surface area contributed by atoms with Crippen molar-refractivity contribution in [2.75, 3.05) is 13.2 Å². The molecule has 23 heavy (non-hydrogen) atoms. The Kier molecular flexibility index (Phi) is 6.48. The van der Waals surface area contributed by atoms with Crippen molar-refractivity contribution in [2.45, 2.75) is 26.4 Å². The van der Waals surface area contributed by atoms with Crippen LogP contribution in [0.1, 0.15) is 18.9 Å². The van der Waals surface area contributed by atoms with Crippen LogP contribution in [-0.4, -0.2) is 25.2 Å². The van der Waals surface area contributed by atoms with E-state index in [4.69, 9.17) is 9.47 Å². The lowest BCUT2D eigenvalue weighted by Crippen LogP contribution is -2.39. The van der Waals surface area contributed by atoms with E-state index < -0.39 is 6.10 Å². The smallest absolute Gasteiger partial charge is 0.261 e. The van der Waals surface area contributed by atoms with Crippen LogP contribution >= 0.6 is 0 Å². The molecule has 0 heterocycles. The first kappa shape index (κ1) is 16.9. The first-order valence-electron chi connectivity index (χ1n) is 7.88. The number of rotatable bonds is 8. The lowest BCUT2D eigenvalue weighted by molar-refractivity contribution is -0.128. The highest BCUT2D eigenvalue weighted by Crippen LogP contribution is 2.18. The molecule has 0 fully saturated rings. The third kappa shape index (κ3) is 5.33. The predicted molar refractivity (Wildman–Crippen MR) is 90.8 cm³/mol. The number of hydrogen-bond acceptors (Lipinski definition) is 3. The van der Waals surface area contributed by atoms with Crippen LogP contribution in [0, 0.1) is 6.92 Å². The van der Waals surface area contributed by atoms with E-state index in [0.717, 1.165) is 17.1 Å². The Morgan fingerprint density at radius 3 is 2.48 bits per heavy atom. The average molecular weight is 313 g/mol. The molecule has 0 aliphatic heterocycles. The van der Waals surface area contributed by atoms with Crippen molar-refractivity contribution >= 4 is 5.91 Å². The van der Waals surface area contributed by atoms with E-state index in [2.05, 4.69) is 5.32 Å². The molecule has 0 saturated heterocycles. The minimum atomic E-state index is -0.493. The zero-order chi connectivity index (χ0) is 16.5. The van der Waals surface area contributed by atoms with Crippen molar-refractivity contribution in [2.24, 2.45) is 0 Å². The number of benzene rings is 2. The van der Waals surface area contributed by atoms with Gasteiger partial charge in [-0.25, -0.2) is 0 Å². The summed E-state index contributed by atoms with van der Waals surface area (Å²) in [5, 5.41) is 2.85. The molecule has 0 unspecified atom stereocenters. The molecule has 0 aromatic heterocycles. The van der Waals surface area contributed by atoms with Crippen LogP contribution in [0.3, 0.4) is 0 Å². The summed E-state index contributed by atoms with van der Waals surface area (Å²) < 4.78 is 11.4. The second-order valence-corrected chi connectivity index (χ2v) is 5.23. The summed E-state index contributed by atoms with van der Waals surface area (Å²) in [5.74, 6) is 1.42. The second-order valence-electron chi connectivity index (χ2n) is 5.23. The summed E-state index contributed by atoms with van der Waals surface area (Å²) in [5.41, 5.74) is 1.02. The highest BCUT2D eigenvalue weighted by Gasteiger charge is 2.18. The molecular formula is C19H23NO3. The van der Waals surface area contributed by atoms with Crippen molar-refractivity contribution in [3.8, 4) is 11.5 Å². The maximum absolute atomic E-state index is 12.2. The number of aryl methyl sites for hydroxylation is 1. The fourth-order valence-electron chi connectivity index (χ4n) is 2.14. The van der Waals surface area contributed by atoms with Crippen LogP contribution in [-0.2, 0) is 4.79 Å². The van der Waals surface area contributed by atoms with E-state index in [-0.39, 0.29) is 5.91 Å². The summed E-state index contributed by atoms with van der Waals surface area (Å²) in [4.78, 5) is 12.2. The van der Waals surface area contributed by atoms with Gasteiger partial charge < -0.3 is 14.8 Å². The van der Waals surface area contributed by atoms with Gasteiger partial charge in [0.1, 0.15) is 18.1 Å². The molecule has 1 N–H and O–H groups in total. The lowest BCUT2D eigenvalue weighted by atomic mass is 10.2. The monoisotopic (exact) mass is 313 g/mol. The number of ether oxygens (including phenoxy) is 2. The third-order valence-corrected chi connectivity index (χ3v) is 3.44. The minimum absolute atomic E-state index is 0.118. The molecule has 4 nitrogen and oxygen atoms in total. The largest absolute Gasteiger partial charge is 0.492 e. The minimum Gasteiger partial charge on any atom is -0.492 e. The van der Waals surface area contributed by atoms with E-state index >= 15 is 0 Å². The Balaban J connectivity index is 1.77. The first-order valence-corrected chi connectivity index (χ1v) is 7.88. The van der Waals surface area contributed by atoms with Crippen LogP contribution in [0.25, 0.3) is 0 Å². The normalized spacial score (nSPS) is 11.6. The number of carbonyl (C=O) groups is 1. The molecule has 4 heteroatoms. The zero-order valence-corrected chi connectivity index (χ0v) is 13.6. The molecule has 0 saturated carbocycles. The molecule has 0 aliphatic rings. The Morgan fingerprint density at radius 1 is 1.09 bits per heavy atom. The molecule has 0 aliphatic carbocycles. The van der Waals surface area contributed by atoms with Gasteiger partial charge in [0.25, 0.3) is 5.91 Å². The maximum atomic E-state index is 12.2. The highest BCUT2D eigenvalue weighted by molar-refractivity contribution is 5.81. The summed E-state index contributed by atoms with van der Waals surface area (Å²) in [6, 6.07) is 17.2. The molecule has 2 aromatic rings. The zero-order valence-electron chi connectivity index (χ0n) is 13.6. The molecule has 122 valence electrons. The second kappa shape index (κ2) is 8.83. The van der Waals surface area contributed by atoms with Crippen molar-refractivity contribution in [1.82, 2.24) is 5.32 Å². The van der Waals surface area contributed by atoms with E-state index in [0.29, 0.717) is 19.6 Å². The number of hydrogen-bond donors (Lipinski definition) is 1. The Hall–Kier alpha value is -2.49. The molecule has 0 spiro atoms. The van der Waals surface area contributed by atoms with E-state index in [1.165, 1.54) is 0 Å². The van der Waals surface area contributed by atoms with Crippen LogP contribution in [0.2, 0.25) is 0 Å². The summed E-state index contributed by atoms with van der Waals surface area (Å²) >= 11 is 0. The van der Waals surface area contributed by atoms with Gasteiger partial charge in [-0.1, -0.05) is 43.3 Å². The number of carbonyl (C=O) groups excluding carboxylic acids is 1. The van der Waals surface area contributed by atoms with Crippen LogP contribution < -0.4 is 14.8 Å².